The molecule has 1 saturated heterocycles. The van der Waals surface area contributed by atoms with Crippen LogP contribution in [-0.2, 0) is 9.59 Å². The minimum atomic E-state index is -0.564. The van der Waals surface area contributed by atoms with E-state index in [1.807, 2.05) is 4.90 Å². The summed E-state index contributed by atoms with van der Waals surface area (Å²) in [4.78, 5) is 28.8. The number of rotatable bonds is 3. The molecule has 0 aliphatic carbocycles. The third-order valence-electron chi connectivity index (χ3n) is 2.79. The minimum Gasteiger partial charge on any atom is -0.353 e. The third-order valence-corrected chi connectivity index (χ3v) is 2.79. The van der Waals surface area contributed by atoms with E-state index < -0.39 is 6.04 Å². The SMILES string of the molecule is C[C@@H](N)C(=O)Nc1ccc(N2CCNC(=O)C2)nc1. The van der Waals surface area contributed by atoms with Gasteiger partial charge < -0.3 is 21.3 Å². The Morgan fingerprint density at radius 3 is 2.95 bits per heavy atom. The van der Waals surface area contributed by atoms with E-state index >= 15 is 0 Å². The van der Waals surface area contributed by atoms with Gasteiger partial charge in [-0.15, -0.1) is 0 Å². The predicted molar refractivity (Wildman–Crippen MR) is 71.7 cm³/mol. The lowest BCUT2D eigenvalue weighted by Gasteiger charge is -2.27. The molecule has 1 fully saturated rings. The molecule has 0 saturated carbocycles. The maximum Gasteiger partial charge on any atom is 0.241 e. The average Bonchev–Trinajstić information content (AvgIpc) is 2.39. The molecule has 2 heterocycles. The molecular formula is C12H17N5O2. The van der Waals surface area contributed by atoms with Crippen LogP contribution < -0.4 is 21.3 Å². The largest absolute Gasteiger partial charge is 0.353 e. The van der Waals surface area contributed by atoms with Crippen LogP contribution in [-0.4, -0.2) is 42.5 Å². The highest BCUT2D eigenvalue weighted by Crippen LogP contribution is 2.14. The van der Waals surface area contributed by atoms with Crippen molar-refractivity contribution in [1.82, 2.24) is 10.3 Å². The number of nitrogens with one attached hydrogen (secondary N) is 2. The van der Waals surface area contributed by atoms with E-state index in [2.05, 4.69) is 15.6 Å². The van der Waals surface area contributed by atoms with Gasteiger partial charge in [0.1, 0.15) is 5.82 Å². The van der Waals surface area contributed by atoms with E-state index in [9.17, 15) is 9.59 Å². The van der Waals surface area contributed by atoms with E-state index in [0.717, 1.165) is 6.54 Å². The molecule has 0 radical (unpaired) electrons. The number of carbonyl (C=O) groups excluding carboxylic acids is 2. The number of amides is 2. The van der Waals surface area contributed by atoms with Crippen LogP contribution in [0.25, 0.3) is 0 Å². The van der Waals surface area contributed by atoms with Crippen molar-refractivity contribution in [2.75, 3.05) is 29.9 Å². The van der Waals surface area contributed by atoms with Gasteiger partial charge in [-0.25, -0.2) is 4.98 Å². The maximum atomic E-state index is 11.4. The second kappa shape index (κ2) is 5.66. The molecule has 1 aliphatic heterocycles. The second-order valence-electron chi connectivity index (χ2n) is 4.45. The van der Waals surface area contributed by atoms with Gasteiger partial charge in [-0.2, -0.15) is 0 Å². The molecule has 19 heavy (non-hydrogen) atoms. The van der Waals surface area contributed by atoms with Gasteiger partial charge in [0, 0.05) is 13.1 Å². The first-order valence-corrected chi connectivity index (χ1v) is 6.10. The number of nitrogens with zero attached hydrogens (tertiary/aromatic N) is 2. The van der Waals surface area contributed by atoms with Crippen molar-refractivity contribution in [2.45, 2.75) is 13.0 Å². The monoisotopic (exact) mass is 263 g/mol. The number of aromatic nitrogens is 1. The molecule has 1 aromatic rings. The minimum absolute atomic E-state index is 0.0117. The lowest BCUT2D eigenvalue weighted by atomic mass is 10.3. The van der Waals surface area contributed by atoms with Crippen LogP contribution in [0.4, 0.5) is 11.5 Å². The van der Waals surface area contributed by atoms with Gasteiger partial charge >= 0.3 is 0 Å². The lowest BCUT2D eigenvalue weighted by molar-refractivity contribution is -0.120. The van der Waals surface area contributed by atoms with Crippen molar-refractivity contribution >= 4 is 23.3 Å². The van der Waals surface area contributed by atoms with Gasteiger partial charge in [0.05, 0.1) is 24.5 Å². The number of pyridine rings is 1. The van der Waals surface area contributed by atoms with E-state index in [1.165, 1.54) is 0 Å². The van der Waals surface area contributed by atoms with Crippen molar-refractivity contribution in [3.63, 3.8) is 0 Å². The topological polar surface area (TPSA) is 100 Å². The van der Waals surface area contributed by atoms with Crippen LogP contribution >= 0.6 is 0 Å². The van der Waals surface area contributed by atoms with Crippen LogP contribution in [0.15, 0.2) is 18.3 Å². The molecule has 1 atom stereocenters. The van der Waals surface area contributed by atoms with Gasteiger partial charge in [0.2, 0.25) is 11.8 Å². The highest BCUT2D eigenvalue weighted by atomic mass is 16.2. The maximum absolute atomic E-state index is 11.4. The first-order valence-electron chi connectivity index (χ1n) is 6.10. The highest BCUT2D eigenvalue weighted by Gasteiger charge is 2.17. The Balaban J connectivity index is 2.01. The normalized spacial score (nSPS) is 16.7. The summed E-state index contributed by atoms with van der Waals surface area (Å²) >= 11 is 0. The molecule has 4 N–H and O–H groups in total. The molecule has 7 heteroatoms. The summed E-state index contributed by atoms with van der Waals surface area (Å²) in [6.07, 6.45) is 1.56. The van der Waals surface area contributed by atoms with E-state index in [0.29, 0.717) is 24.6 Å². The third kappa shape index (κ3) is 3.41. The Kier molecular flexibility index (Phi) is 3.96. The van der Waals surface area contributed by atoms with Crippen LogP contribution in [0.3, 0.4) is 0 Å². The van der Waals surface area contributed by atoms with Crippen molar-refractivity contribution in [3.8, 4) is 0 Å². The standard InChI is InChI=1S/C12H17N5O2/c1-8(13)12(19)16-9-2-3-10(15-6-9)17-5-4-14-11(18)7-17/h2-3,6,8H,4-5,7,13H2,1H3,(H,14,18)(H,16,19)/t8-/m1/s1. The summed E-state index contributed by atoms with van der Waals surface area (Å²) in [6, 6.07) is 2.95. The van der Waals surface area contributed by atoms with Gasteiger partial charge in [-0.05, 0) is 19.1 Å². The second-order valence-corrected chi connectivity index (χ2v) is 4.45. The Morgan fingerprint density at radius 1 is 1.58 bits per heavy atom. The summed E-state index contributed by atoms with van der Waals surface area (Å²) in [5, 5.41) is 5.41. The lowest BCUT2D eigenvalue weighted by Crippen LogP contribution is -2.48. The van der Waals surface area contributed by atoms with Gasteiger partial charge in [-0.3, -0.25) is 9.59 Å². The van der Waals surface area contributed by atoms with Crippen molar-refractivity contribution < 1.29 is 9.59 Å². The summed E-state index contributed by atoms with van der Waals surface area (Å²) in [5.41, 5.74) is 6.05. The fraction of sp³-hybridized carbons (Fsp3) is 0.417. The zero-order valence-corrected chi connectivity index (χ0v) is 10.7. The molecule has 1 aromatic heterocycles. The van der Waals surface area contributed by atoms with Crippen LogP contribution in [0.5, 0.6) is 0 Å². The molecule has 102 valence electrons. The van der Waals surface area contributed by atoms with E-state index in [-0.39, 0.29) is 11.8 Å². The number of carbonyl (C=O) groups is 2. The number of hydrogen-bond acceptors (Lipinski definition) is 5. The summed E-state index contributed by atoms with van der Waals surface area (Å²) < 4.78 is 0. The fourth-order valence-corrected chi connectivity index (χ4v) is 1.74. The molecule has 0 aromatic carbocycles. The van der Waals surface area contributed by atoms with Crippen molar-refractivity contribution in [1.29, 1.82) is 0 Å². The number of anilines is 2. The Bertz CT molecular complexity index is 472. The molecule has 2 rings (SSSR count). The first kappa shape index (κ1) is 13.3. The Hall–Kier alpha value is -2.15. The number of piperazine rings is 1. The molecule has 7 nitrogen and oxygen atoms in total. The zero-order chi connectivity index (χ0) is 13.8. The Labute approximate surface area is 111 Å². The predicted octanol–water partition coefficient (Wildman–Crippen LogP) is -0.696. The first-order chi connectivity index (χ1) is 9.06. The van der Waals surface area contributed by atoms with Crippen molar-refractivity contribution in [3.05, 3.63) is 18.3 Å². The van der Waals surface area contributed by atoms with E-state index in [4.69, 9.17) is 5.73 Å². The summed E-state index contributed by atoms with van der Waals surface area (Å²) in [6.45, 7) is 3.26. The quantitative estimate of drug-likeness (QED) is 0.670. The van der Waals surface area contributed by atoms with Crippen LogP contribution in [0, 0.1) is 0 Å². The molecule has 2 amide bonds. The van der Waals surface area contributed by atoms with Gasteiger partial charge in [0.25, 0.3) is 0 Å². The summed E-state index contributed by atoms with van der Waals surface area (Å²) in [7, 11) is 0. The Morgan fingerprint density at radius 2 is 2.37 bits per heavy atom. The number of hydrogen-bond donors (Lipinski definition) is 3. The van der Waals surface area contributed by atoms with E-state index in [1.54, 1.807) is 25.3 Å². The van der Waals surface area contributed by atoms with Gasteiger partial charge in [-0.1, -0.05) is 0 Å². The van der Waals surface area contributed by atoms with Crippen molar-refractivity contribution in [2.24, 2.45) is 5.73 Å². The molecule has 0 unspecified atom stereocenters. The van der Waals surface area contributed by atoms with Gasteiger partial charge in [0.15, 0.2) is 0 Å². The molecule has 0 bridgehead atoms. The van der Waals surface area contributed by atoms with Crippen LogP contribution in [0.2, 0.25) is 0 Å². The average molecular weight is 263 g/mol. The molecular weight excluding hydrogens is 246 g/mol. The summed E-state index contributed by atoms with van der Waals surface area (Å²) in [5.74, 6) is 0.447. The fourth-order valence-electron chi connectivity index (χ4n) is 1.74. The highest BCUT2D eigenvalue weighted by molar-refractivity contribution is 5.94. The molecule has 0 spiro atoms. The zero-order valence-electron chi connectivity index (χ0n) is 10.7. The smallest absolute Gasteiger partial charge is 0.241 e. The number of nitrogens with two attached hydrogens (primary N) is 1. The molecule has 1 aliphatic rings. The van der Waals surface area contributed by atoms with Crippen LogP contribution in [0.1, 0.15) is 6.92 Å².